The first-order valence-electron chi connectivity index (χ1n) is 7.57. The van der Waals surface area contributed by atoms with Gasteiger partial charge in [0.1, 0.15) is 4.64 Å². The van der Waals surface area contributed by atoms with Gasteiger partial charge in [0, 0.05) is 30.7 Å². The summed E-state index contributed by atoms with van der Waals surface area (Å²) in [6.07, 6.45) is 3.25. The molecule has 1 aliphatic heterocycles. The van der Waals surface area contributed by atoms with E-state index in [2.05, 4.69) is 10.3 Å². The van der Waals surface area contributed by atoms with Crippen molar-refractivity contribution in [3.8, 4) is 0 Å². The van der Waals surface area contributed by atoms with Crippen molar-refractivity contribution in [2.24, 2.45) is 5.41 Å². The number of H-pyrrole nitrogens is 1. The zero-order valence-corrected chi connectivity index (χ0v) is 14.1. The predicted molar refractivity (Wildman–Crippen MR) is 88.1 cm³/mol. The molecular weight excluding hydrogens is 298 g/mol. The molecule has 1 fully saturated rings. The maximum atomic E-state index is 12.2. The van der Waals surface area contributed by atoms with Crippen LogP contribution >= 0.6 is 12.2 Å². The number of hydrogen-bond donors (Lipinski definition) is 2. The summed E-state index contributed by atoms with van der Waals surface area (Å²) in [5.41, 5.74) is 0.137. The molecule has 0 aliphatic carbocycles. The van der Waals surface area contributed by atoms with Gasteiger partial charge in [0.25, 0.3) is 5.91 Å². The lowest BCUT2D eigenvalue weighted by Gasteiger charge is -2.36. The van der Waals surface area contributed by atoms with Crippen molar-refractivity contribution in [1.29, 1.82) is 0 Å². The Morgan fingerprint density at radius 2 is 1.95 bits per heavy atom. The Labute approximate surface area is 136 Å². The van der Waals surface area contributed by atoms with E-state index >= 15 is 0 Å². The summed E-state index contributed by atoms with van der Waals surface area (Å²) in [4.78, 5) is 29.2. The average molecular weight is 321 g/mol. The second-order valence-electron chi connectivity index (χ2n) is 6.70. The van der Waals surface area contributed by atoms with E-state index in [1.807, 2.05) is 25.7 Å². The number of piperidine rings is 1. The molecule has 2 rings (SSSR count). The molecule has 0 spiro atoms. The minimum atomic E-state index is -0.354. The van der Waals surface area contributed by atoms with E-state index in [1.54, 1.807) is 18.3 Å². The fourth-order valence-corrected chi connectivity index (χ4v) is 2.79. The fraction of sp³-hybridized carbons (Fsp3) is 0.562. The quantitative estimate of drug-likeness (QED) is 0.823. The first kappa shape index (κ1) is 16.7. The van der Waals surface area contributed by atoms with Crippen molar-refractivity contribution >= 4 is 24.0 Å². The maximum absolute atomic E-state index is 12.2. The van der Waals surface area contributed by atoms with Gasteiger partial charge in [-0.2, -0.15) is 0 Å². The summed E-state index contributed by atoms with van der Waals surface area (Å²) in [6.45, 7) is 7.16. The van der Waals surface area contributed by atoms with Crippen LogP contribution in [0, 0.1) is 10.1 Å². The Morgan fingerprint density at radius 3 is 2.50 bits per heavy atom. The van der Waals surface area contributed by atoms with E-state index in [-0.39, 0.29) is 23.3 Å². The molecule has 1 aromatic heterocycles. The molecular formula is C16H23N3O2S. The summed E-state index contributed by atoms with van der Waals surface area (Å²) in [7, 11) is 0. The Balaban J connectivity index is 1.91. The SMILES string of the molecule is CC(C)(C)C(=O)N1CCC(NC(=O)c2ccc[nH]c2=S)CC1. The number of carbonyl (C=O) groups is 2. The Kier molecular flexibility index (Phi) is 5.01. The fourth-order valence-electron chi connectivity index (χ4n) is 2.56. The van der Waals surface area contributed by atoms with Gasteiger partial charge in [0.15, 0.2) is 0 Å². The molecule has 1 aromatic rings. The van der Waals surface area contributed by atoms with Crippen LogP contribution in [0.5, 0.6) is 0 Å². The van der Waals surface area contributed by atoms with Gasteiger partial charge < -0.3 is 15.2 Å². The van der Waals surface area contributed by atoms with Crippen LogP contribution in [-0.2, 0) is 4.79 Å². The Bertz CT molecular complexity index is 610. The van der Waals surface area contributed by atoms with Crippen molar-refractivity contribution in [3.63, 3.8) is 0 Å². The second-order valence-corrected chi connectivity index (χ2v) is 7.11. The highest BCUT2D eigenvalue weighted by Gasteiger charge is 2.30. The van der Waals surface area contributed by atoms with Crippen molar-refractivity contribution in [3.05, 3.63) is 28.5 Å². The van der Waals surface area contributed by atoms with Gasteiger partial charge in [0.05, 0.1) is 5.56 Å². The van der Waals surface area contributed by atoms with Crippen LogP contribution in [0.2, 0.25) is 0 Å². The van der Waals surface area contributed by atoms with Crippen LogP contribution in [0.1, 0.15) is 44.0 Å². The van der Waals surface area contributed by atoms with Crippen LogP contribution < -0.4 is 5.32 Å². The number of rotatable bonds is 2. The van der Waals surface area contributed by atoms with Crippen LogP contribution in [0.15, 0.2) is 18.3 Å². The molecule has 0 radical (unpaired) electrons. The minimum Gasteiger partial charge on any atom is -0.352 e. The third kappa shape index (κ3) is 3.94. The highest BCUT2D eigenvalue weighted by atomic mass is 32.1. The van der Waals surface area contributed by atoms with Gasteiger partial charge in [-0.1, -0.05) is 33.0 Å². The number of amides is 2. The molecule has 2 amide bonds. The van der Waals surface area contributed by atoms with Crippen molar-refractivity contribution < 1.29 is 9.59 Å². The van der Waals surface area contributed by atoms with Crippen LogP contribution in [0.4, 0.5) is 0 Å². The molecule has 2 heterocycles. The average Bonchev–Trinajstić information content (AvgIpc) is 2.46. The van der Waals surface area contributed by atoms with E-state index in [1.165, 1.54) is 0 Å². The zero-order valence-electron chi connectivity index (χ0n) is 13.3. The lowest BCUT2D eigenvalue weighted by atomic mass is 9.93. The lowest BCUT2D eigenvalue weighted by molar-refractivity contribution is -0.140. The third-order valence-electron chi connectivity index (χ3n) is 3.82. The lowest BCUT2D eigenvalue weighted by Crippen LogP contribution is -2.49. The first-order chi connectivity index (χ1) is 10.3. The molecule has 120 valence electrons. The molecule has 22 heavy (non-hydrogen) atoms. The van der Waals surface area contributed by atoms with Gasteiger partial charge in [0.2, 0.25) is 5.91 Å². The van der Waals surface area contributed by atoms with E-state index in [9.17, 15) is 9.59 Å². The number of hydrogen-bond acceptors (Lipinski definition) is 3. The summed E-state index contributed by atoms with van der Waals surface area (Å²) >= 11 is 5.12. The molecule has 0 atom stereocenters. The number of pyridine rings is 1. The summed E-state index contributed by atoms with van der Waals surface area (Å²) in [6, 6.07) is 3.56. The monoisotopic (exact) mass is 321 g/mol. The van der Waals surface area contributed by atoms with E-state index < -0.39 is 0 Å². The number of nitrogens with one attached hydrogen (secondary N) is 2. The second kappa shape index (κ2) is 6.60. The van der Waals surface area contributed by atoms with Gasteiger partial charge in [-0.15, -0.1) is 0 Å². The number of carbonyl (C=O) groups excluding carboxylic acids is 2. The van der Waals surface area contributed by atoms with E-state index in [0.29, 0.717) is 23.3 Å². The van der Waals surface area contributed by atoms with E-state index in [4.69, 9.17) is 12.2 Å². The van der Waals surface area contributed by atoms with Crippen LogP contribution in [-0.4, -0.2) is 40.8 Å². The maximum Gasteiger partial charge on any atom is 0.254 e. The summed E-state index contributed by atoms with van der Waals surface area (Å²) < 4.78 is 0.445. The molecule has 0 bridgehead atoms. The smallest absolute Gasteiger partial charge is 0.254 e. The molecule has 0 unspecified atom stereocenters. The predicted octanol–water partition coefficient (Wildman–Crippen LogP) is 2.51. The number of aromatic amines is 1. The number of nitrogens with zero attached hydrogens (tertiary/aromatic N) is 1. The molecule has 6 heteroatoms. The van der Waals surface area contributed by atoms with Gasteiger partial charge in [-0.25, -0.2) is 0 Å². The summed E-state index contributed by atoms with van der Waals surface area (Å²) in [5.74, 6) is 0.0187. The highest BCUT2D eigenvalue weighted by molar-refractivity contribution is 7.71. The van der Waals surface area contributed by atoms with Gasteiger partial charge >= 0.3 is 0 Å². The third-order valence-corrected chi connectivity index (χ3v) is 4.16. The van der Waals surface area contributed by atoms with Crippen molar-refractivity contribution in [1.82, 2.24) is 15.2 Å². The molecule has 1 saturated heterocycles. The van der Waals surface area contributed by atoms with Gasteiger partial charge in [-0.3, -0.25) is 9.59 Å². The molecule has 0 aromatic carbocycles. The normalized spacial score (nSPS) is 16.4. The van der Waals surface area contributed by atoms with E-state index in [0.717, 1.165) is 12.8 Å². The first-order valence-corrected chi connectivity index (χ1v) is 7.98. The molecule has 1 aliphatic rings. The topological polar surface area (TPSA) is 65.2 Å². The van der Waals surface area contributed by atoms with Crippen LogP contribution in [0.3, 0.4) is 0 Å². The standard InChI is InChI=1S/C16H23N3O2S/c1-16(2,3)15(21)19-9-6-11(7-10-19)18-13(20)12-5-4-8-17-14(12)22/h4-5,8,11H,6-7,9-10H2,1-3H3,(H,17,22)(H,18,20). The van der Waals surface area contributed by atoms with Crippen molar-refractivity contribution in [2.45, 2.75) is 39.7 Å². The largest absolute Gasteiger partial charge is 0.352 e. The molecule has 5 nitrogen and oxygen atoms in total. The van der Waals surface area contributed by atoms with Gasteiger partial charge in [-0.05, 0) is 25.0 Å². The Hall–Kier alpha value is -1.69. The van der Waals surface area contributed by atoms with Crippen molar-refractivity contribution in [2.75, 3.05) is 13.1 Å². The Morgan fingerprint density at radius 1 is 1.32 bits per heavy atom. The number of aromatic nitrogens is 1. The summed E-state index contributed by atoms with van der Waals surface area (Å²) in [5, 5.41) is 3.01. The highest BCUT2D eigenvalue weighted by Crippen LogP contribution is 2.21. The molecule has 2 N–H and O–H groups in total. The number of likely N-dealkylation sites (tertiary alicyclic amines) is 1. The van der Waals surface area contributed by atoms with Crippen LogP contribution in [0.25, 0.3) is 0 Å². The zero-order chi connectivity index (χ0) is 16.3. The molecule has 0 saturated carbocycles. The minimum absolute atomic E-state index is 0.0890.